The molecule has 1 heterocycles. The normalized spacial score (nSPS) is 28.8. The van der Waals surface area contributed by atoms with Crippen LogP contribution in [0.5, 0.6) is 0 Å². The zero-order valence-corrected chi connectivity index (χ0v) is 8.57. The van der Waals surface area contributed by atoms with Gasteiger partial charge in [-0.1, -0.05) is 13.8 Å². The molecule has 0 aromatic carbocycles. The molecule has 1 aromatic rings. The second kappa shape index (κ2) is 2.62. The maximum absolute atomic E-state index is 11.0. The van der Waals surface area contributed by atoms with Gasteiger partial charge in [0.15, 0.2) is 0 Å². The van der Waals surface area contributed by atoms with E-state index < -0.39 is 5.97 Å². The predicted octanol–water partition coefficient (Wildman–Crippen LogP) is 2.41. The van der Waals surface area contributed by atoms with Gasteiger partial charge in [0.05, 0.1) is 12.2 Å². The Morgan fingerprint density at radius 3 is 2.57 bits per heavy atom. The van der Waals surface area contributed by atoms with Crippen LogP contribution >= 0.6 is 0 Å². The summed E-state index contributed by atoms with van der Waals surface area (Å²) in [5.74, 6) is -0.0232. The number of aryl methyl sites for hydroxylation is 1. The number of hydrogen-bond donors (Lipinski definition) is 1. The summed E-state index contributed by atoms with van der Waals surface area (Å²) < 4.78 is 5.19. The van der Waals surface area contributed by atoms with Gasteiger partial charge in [0.25, 0.3) is 0 Å². The maximum atomic E-state index is 11.0. The molecule has 0 spiro atoms. The number of aliphatic carboxylic acids is 1. The van der Waals surface area contributed by atoms with Gasteiger partial charge < -0.3 is 9.52 Å². The molecular weight excluding hydrogens is 180 g/mol. The van der Waals surface area contributed by atoms with Crippen LogP contribution in [-0.4, -0.2) is 11.1 Å². The SMILES string of the molecule is Cc1occc1[C@@H]1[C@@H](C(=O)O)C1(C)C. The van der Waals surface area contributed by atoms with Gasteiger partial charge in [0.1, 0.15) is 5.76 Å². The molecule has 0 unspecified atom stereocenters. The summed E-state index contributed by atoms with van der Waals surface area (Å²) in [4.78, 5) is 11.0. The lowest BCUT2D eigenvalue weighted by Crippen LogP contribution is -2.03. The molecule has 1 aliphatic rings. The second-order valence-electron chi connectivity index (χ2n) is 4.55. The van der Waals surface area contributed by atoms with E-state index in [4.69, 9.17) is 9.52 Å². The first-order valence-corrected chi connectivity index (χ1v) is 4.73. The molecule has 0 amide bonds. The summed E-state index contributed by atoms with van der Waals surface area (Å²) in [6.45, 7) is 5.86. The van der Waals surface area contributed by atoms with Crippen LogP contribution in [0.1, 0.15) is 31.1 Å². The van der Waals surface area contributed by atoms with Crippen molar-refractivity contribution in [3.8, 4) is 0 Å². The number of hydrogen-bond acceptors (Lipinski definition) is 2. The van der Waals surface area contributed by atoms with Crippen molar-refractivity contribution in [3.63, 3.8) is 0 Å². The molecule has 0 aliphatic heterocycles. The molecule has 3 nitrogen and oxygen atoms in total. The molecule has 2 atom stereocenters. The van der Waals surface area contributed by atoms with E-state index in [1.807, 2.05) is 26.8 Å². The van der Waals surface area contributed by atoms with Crippen LogP contribution in [-0.2, 0) is 4.79 Å². The van der Waals surface area contributed by atoms with E-state index in [-0.39, 0.29) is 17.3 Å². The second-order valence-corrected chi connectivity index (χ2v) is 4.55. The van der Waals surface area contributed by atoms with Crippen LogP contribution in [0.15, 0.2) is 16.7 Å². The predicted molar refractivity (Wildman–Crippen MR) is 51.1 cm³/mol. The third-order valence-corrected chi connectivity index (χ3v) is 3.33. The number of rotatable bonds is 2. The van der Waals surface area contributed by atoms with Crippen LogP contribution in [0, 0.1) is 18.3 Å². The minimum absolute atomic E-state index is 0.110. The smallest absolute Gasteiger partial charge is 0.307 e. The molecule has 0 saturated heterocycles. The van der Waals surface area contributed by atoms with Crippen LogP contribution in [0.25, 0.3) is 0 Å². The van der Waals surface area contributed by atoms with Gasteiger partial charge >= 0.3 is 5.97 Å². The Morgan fingerprint density at radius 2 is 2.21 bits per heavy atom. The lowest BCUT2D eigenvalue weighted by Gasteiger charge is -1.99. The third kappa shape index (κ3) is 1.08. The summed E-state index contributed by atoms with van der Waals surface area (Å²) >= 11 is 0. The van der Waals surface area contributed by atoms with E-state index in [9.17, 15) is 4.79 Å². The molecule has 3 heteroatoms. The van der Waals surface area contributed by atoms with Crippen LogP contribution < -0.4 is 0 Å². The van der Waals surface area contributed by atoms with Crippen molar-refractivity contribution in [2.75, 3.05) is 0 Å². The summed E-state index contributed by atoms with van der Waals surface area (Å²) in [6.07, 6.45) is 1.62. The Kier molecular flexibility index (Phi) is 1.74. The number of carboxylic acids is 1. The molecule has 1 N–H and O–H groups in total. The summed E-state index contributed by atoms with van der Waals surface area (Å²) in [5, 5.41) is 9.02. The quantitative estimate of drug-likeness (QED) is 0.786. The Bertz CT molecular complexity index is 376. The Labute approximate surface area is 82.7 Å². The average molecular weight is 194 g/mol. The van der Waals surface area contributed by atoms with Crippen LogP contribution in [0.3, 0.4) is 0 Å². The van der Waals surface area contributed by atoms with Crippen molar-refractivity contribution in [3.05, 3.63) is 23.7 Å². The summed E-state index contributed by atoms with van der Waals surface area (Å²) in [6, 6.07) is 1.88. The van der Waals surface area contributed by atoms with Gasteiger partial charge in [0.2, 0.25) is 0 Å². The zero-order chi connectivity index (χ0) is 10.5. The van der Waals surface area contributed by atoms with Gasteiger partial charge in [-0.15, -0.1) is 0 Å². The van der Waals surface area contributed by atoms with Crippen molar-refractivity contribution in [2.45, 2.75) is 26.7 Å². The van der Waals surface area contributed by atoms with E-state index in [1.165, 1.54) is 0 Å². The molecule has 1 aromatic heterocycles. The number of furan rings is 1. The van der Waals surface area contributed by atoms with E-state index in [2.05, 4.69) is 0 Å². The van der Waals surface area contributed by atoms with Crippen molar-refractivity contribution in [2.24, 2.45) is 11.3 Å². The van der Waals surface area contributed by atoms with Crippen molar-refractivity contribution in [1.29, 1.82) is 0 Å². The lowest BCUT2D eigenvalue weighted by atomic mass is 10.0. The molecule has 0 radical (unpaired) electrons. The van der Waals surface area contributed by atoms with Gasteiger partial charge in [-0.25, -0.2) is 0 Å². The fourth-order valence-corrected chi connectivity index (χ4v) is 2.40. The highest BCUT2D eigenvalue weighted by Gasteiger charge is 2.63. The monoisotopic (exact) mass is 194 g/mol. The first kappa shape index (κ1) is 9.31. The average Bonchev–Trinajstić information content (AvgIpc) is 2.42. The Balaban J connectivity index is 2.32. The summed E-state index contributed by atoms with van der Waals surface area (Å²) in [5.41, 5.74) is 0.905. The standard InChI is InChI=1S/C11H14O3/c1-6-7(4-5-14-6)8-9(10(12)13)11(8,2)3/h4-5,8-9H,1-3H3,(H,12,13)/t8-,9+/m1/s1. The van der Waals surface area contributed by atoms with Crippen molar-refractivity contribution in [1.82, 2.24) is 0 Å². The molecule has 0 bridgehead atoms. The van der Waals surface area contributed by atoms with Crippen LogP contribution in [0.4, 0.5) is 0 Å². The zero-order valence-electron chi connectivity index (χ0n) is 8.57. The van der Waals surface area contributed by atoms with E-state index in [1.54, 1.807) is 6.26 Å². The highest BCUT2D eigenvalue weighted by molar-refractivity contribution is 5.77. The van der Waals surface area contributed by atoms with E-state index >= 15 is 0 Å². The van der Waals surface area contributed by atoms with E-state index in [0.717, 1.165) is 11.3 Å². The number of carbonyl (C=O) groups is 1. The third-order valence-electron chi connectivity index (χ3n) is 3.33. The number of carboxylic acid groups (broad SMARTS) is 1. The highest BCUT2D eigenvalue weighted by Crippen LogP contribution is 2.64. The summed E-state index contributed by atoms with van der Waals surface area (Å²) in [7, 11) is 0. The first-order valence-electron chi connectivity index (χ1n) is 4.73. The fourth-order valence-electron chi connectivity index (χ4n) is 2.40. The molecule has 1 fully saturated rings. The molecular formula is C11H14O3. The Hall–Kier alpha value is -1.25. The molecule has 76 valence electrons. The Morgan fingerprint density at radius 1 is 1.57 bits per heavy atom. The van der Waals surface area contributed by atoms with Gasteiger partial charge in [-0.05, 0) is 24.0 Å². The van der Waals surface area contributed by atoms with Crippen molar-refractivity contribution < 1.29 is 14.3 Å². The van der Waals surface area contributed by atoms with E-state index in [0.29, 0.717) is 0 Å². The molecule has 1 aliphatic carbocycles. The maximum Gasteiger partial charge on any atom is 0.307 e. The lowest BCUT2D eigenvalue weighted by molar-refractivity contribution is -0.139. The van der Waals surface area contributed by atoms with Crippen LogP contribution in [0.2, 0.25) is 0 Å². The van der Waals surface area contributed by atoms with Gasteiger partial charge in [-0.3, -0.25) is 4.79 Å². The largest absolute Gasteiger partial charge is 0.481 e. The first-order chi connectivity index (χ1) is 6.46. The molecule has 14 heavy (non-hydrogen) atoms. The molecule has 2 rings (SSSR count). The topological polar surface area (TPSA) is 50.4 Å². The minimum Gasteiger partial charge on any atom is -0.481 e. The van der Waals surface area contributed by atoms with Gasteiger partial charge in [-0.2, -0.15) is 0 Å². The van der Waals surface area contributed by atoms with Gasteiger partial charge in [0, 0.05) is 5.92 Å². The fraction of sp³-hybridized carbons (Fsp3) is 0.545. The highest BCUT2D eigenvalue weighted by atomic mass is 16.4. The minimum atomic E-state index is -0.708. The van der Waals surface area contributed by atoms with Crippen molar-refractivity contribution >= 4 is 5.97 Å². The molecule has 1 saturated carbocycles.